The molecule has 1 aliphatic heterocycles. The van der Waals surface area contributed by atoms with Gasteiger partial charge in [-0.15, -0.1) is 0 Å². The molecule has 0 aromatic heterocycles. The minimum Gasteiger partial charge on any atom is -0.507 e. The topological polar surface area (TPSA) is 70.1 Å². The third-order valence-electron chi connectivity index (χ3n) is 5.35. The fourth-order valence-corrected chi connectivity index (χ4v) is 3.82. The van der Waals surface area contributed by atoms with Crippen LogP contribution in [0.5, 0.6) is 5.75 Å². The Bertz CT molecular complexity index is 979. The van der Waals surface area contributed by atoms with Crippen LogP contribution in [0.1, 0.15) is 36.1 Å². The van der Waals surface area contributed by atoms with Gasteiger partial charge in [0.05, 0.1) is 18.2 Å². The number of carbonyl (C=O) groups is 2. The van der Waals surface area contributed by atoms with Gasteiger partial charge in [0.2, 0.25) is 0 Å². The second-order valence-electron chi connectivity index (χ2n) is 8.02. The Hall–Kier alpha value is -3.12. The maximum absolute atomic E-state index is 13.0. The molecule has 1 fully saturated rings. The molecular formula is C25H30N2O4. The van der Waals surface area contributed by atoms with Crippen LogP contribution in [0, 0.1) is 6.92 Å². The van der Waals surface area contributed by atoms with E-state index in [0.717, 1.165) is 17.7 Å². The maximum atomic E-state index is 13.0. The molecule has 0 spiro atoms. The Morgan fingerprint density at radius 3 is 2.48 bits per heavy atom. The summed E-state index contributed by atoms with van der Waals surface area (Å²) >= 11 is 0. The zero-order valence-corrected chi connectivity index (χ0v) is 18.6. The van der Waals surface area contributed by atoms with E-state index < -0.39 is 17.7 Å². The average Bonchev–Trinajstić information content (AvgIpc) is 2.99. The minimum absolute atomic E-state index is 0.118. The number of aliphatic hydroxyl groups excluding tert-OH is 1. The van der Waals surface area contributed by atoms with Crippen molar-refractivity contribution >= 4 is 17.4 Å². The van der Waals surface area contributed by atoms with Crippen molar-refractivity contribution in [1.82, 2.24) is 9.80 Å². The molecule has 6 nitrogen and oxygen atoms in total. The van der Waals surface area contributed by atoms with Gasteiger partial charge in [0.1, 0.15) is 11.5 Å². The van der Waals surface area contributed by atoms with Crippen molar-refractivity contribution in [3.63, 3.8) is 0 Å². The second-order valence-corrected chi connectivity index (χ2v) is 8.02. The van der Waals surface area contributed by atoms with E-state index in [1.807, 2.05) is 69.2 Å². The van der Waals surface area contributed by atoms with Gasteiger partial charge in [-0.3, -0.25) is 9.59 Å². The van der Waals surface area contributed by atoms with Gasteiger partial charge in [-0.1, -0.05) is 42.0 Å². The first-order valence-corrected chi connectivity index (χ1v) is 10.6. The Labute approximate surface area is 183 Å². The van der Waals surface area contributed by atoms with Crippen LogP contribution >= 0.6 is 0 Å². The van der Waals surface area contributed by atoms with Crippen LogP contribution in [-0.4, -0.2) is 60.4 Å². The van der Waals surface area contributed by atoms with E-state index >= 15 is 0 Å². The molecule has 0 aliphatic carbocycles. The first kappa shape index (κ1) is 22.6. The van der Waals surface area contributed by atoms with Crippen molar-refractivity contribution < 1.29 is 19.4 Å². The largest absolute Gasteiger partial charge is 0.507 e. The van der Waals surface area contributed by atoms with Crippen molar-refractivity contribution in [2.75, 3.05) is 33.8 Å². The number of benzene rings is 2. The number of nitrogens with zero attached hydrogens (tertiary/aromatic N) is 2. The Balaban J connectivity index is 2.09. The van der Waals surface area contributed by atoms with Gasteiger partial charge in [-0.2, -0.15) is 0 Å². The van der Waals surface area contributed by atoms with E-state index in [9.17, 15) is 14.7 Å². The maximum Gasteiger partial charge on any atom is 0.295 e. The second kappa shape index (κ2) is 9.79. The van der Waals surface area contributed by atoms with Crippen LogP contribution in [0.2, 0.25) is 0 Å². The Morgan fingerprint density at radius 1 is 1.13 bits per heavy atom. The summed E-state index contributed by atoms with van der Waals surface area (Å²) in [5.41, 5.74) is 2.42. The molecule has 31 heavy (non-hydrogen) atoms. The number of hydrogen-bond donors (Lipinski definition) is 1. The number of aliphatic hydroxyl groups is 1. The van der Waals surface area contributed by atoms with E-state index in [1.54, 1.807) is 17.0 Å². The number of ether oxygens (including phenoxy) is 1. The van der Waals surface area contributed by atoms with Crippen molar-refractivity contribution in [1.29, 1.82) is 0 Å². The number of likely N-dealkylation sites (tertiary alicyclic amines) is 1. The molecule has 1 saturated heterocycles. The first-order chi connectivity index (χ1) is 14.8. The van der Waals surface area contributed by atoms with E-state index in [2.05, 4.69) is 0 Å². The van der Waals surface area contributed by atoms with Gasteiger partial charge in [-0.05, 0) is 58.6 Å². The summed E-state index contributed by atoms with van der Waals surface area (Å²) in [6.07, 6.45) is 0.715. The van der Waals surface area contributed by atoms with Crippen molar-refractivity contribution in [2.45, 2.75) is 26.3 Å². The molecule has 2 aromatic carbocycles. The van der Waals surface area contributed by atoms with Crippen molar-refractivity contribution in [2.24, 2.45) is 0 Å². The van der Waals surface area contributed by atoms with Gasteiger partial charge >= 0.3 is 0 Å². The Morgan fingerprint density at radius 2 is 1.84 bits per heavy atom. The van der Waals surface area contributed by atoms with E-state index in [-0.39, 0.29) is 11.3 Å². The third-order valence-corrected chi connectivity index (χ3v) is 5.35. The number of ketones is 1. The number of hydrogen-bond acceptors (Lipinski definition) is 5. The lowest BCUT2D eigenvalue weighted by molar-refractivity contribution is -0.139. The summed E-state index contributed by atoms with van der Waals surface area (Å²) in [6.45, 7) is 5.56. The first-order valence-electron chi connectivity index (χ1n) is 10.6. The fourth-order valence-electron chi connectivity index (χ4n) is 3.82. The summed E-state index contributed by atoms with van der Waals surface area (Å²) in [7, 11) is 3.93. The van der Waals surface area contributed by atoms with Gasteiger partial charge < -0.3 is 19.6 Å². The standard InChI is InChI=1S/C25H30N2O4/c1-5-31-20-9-6-8-19(16-20)22-21(23(28)18-12-10-17(2)11-13-18)24(29)25(30)27(22)15-7-14-26(3)4/h6,8-13,16,22,28H,5,7,14-15H2,1-4H3/t22-/m0/s1. The predicted octanol–water partition coefficient (Wildman–Crippen LogP) is 3.77. The van der Waals surface area contributed by atoms with Crippen LogP contribution < -0.4 is 4.74 Å². The fraction of sp³-hybridized carbons (Fsp3) is 0.360. The molecule has 0 radical (unpaired) electrons. The highest BCUT2D eigenvalue weighted by molar-refractivity contribution is 6.46. The lowest BCUT2D eigenvalue weighted by atomic mass is 9.95. The zero-order chi connectivity index (χ0) is 22.5. The van der Waals surface area contributed by atoms with Crippen molar-refractivity contribution in [3.8, 4) is 5.75 Å². The Kier molecular flexibility index (Phi) is 7.13. The van der Waals surface area contributed by atoms with E-state index in [1.165, 1.54) is 0 Å². The molecule has 2 aromatic rings. The molecular weight excluding hydrogens is 392 g/mol. The molecule has 0 bridgehead atoms. The quantitative estimate of drug-likeness (QED) is 0.398. The SMILES string of the molecule is CCOc1cccc([C@H]2C(=C(O)c3ccc(C)cc3)C(=O)C(=O)N2CCCN(C)C)c1. The van der Waals surface area contributed by atoms with Crippen molar-refractivity contribution in [3.05, 3.63) is 70.8 Å². The van der Waals surface area contributed by atoms with Crippen LogP contribution in [-0.2, 0) is 9.59 Å². The third kappa shape index (κ3) is 4.97. The normalized spacial score (nSPS) is 18.1. The zero-order valence-electron chi connectivity index (χ0n) is 18.6. The molecule has 1 N–H and O–H groups in total. The molecule has 1 heterocycles. The van der Waals surface area contributed by atoms with Gasteiger partial charge in [0.25, 0.3) is 11.7 Å². The highest BCUT2D eigenvalue weighted by atomic mass is 16.5. The molecule has 164 valence electrons. The summed E-state index contributed by atoms with van der Waals surface area (Å²) in [5, 5.41) is 11.1. The monoisotopic (exact) mass is 422 g/mol. The van der Waals surface area contributed by atoms with Crippen LogP contribution in [0.25, 0.3) is 5.76 Å². The summed E-state index contributed by atoms with van der Waals surface area (Å²) < 4.78 is 5.63. The van der Waals surface area contributed by atoms with Gasteiger partial charge in [-0.25, -0.2) is 0 Å². The van der Waals surface area contributed by atoms with Crippen LogP contribution in [0.3, 0.4) is 0 Å². The molecule has 0 saturated carbocycles. The highest BCUT2D eigenvalue weighted by Gasteiger charge is 2.45. The molecule has 1 atom stereocenters. The predicted molar refractivity (Wildman–Crippen MR) is 121 cm³/mol. The molecule has 0 unspecified atom stereocenters. The minimum atomic E-state index is -0.663. The lowest BCUT2D eigenvalue weighted by Crippen LogP contribution is -2.32. The molecule has 6 heteroatoms. The molecule has 3 rings (SSSR count). The van der Waals surface area contributed by atoms with E-state index in [0.29, 0.717) is 30.9 Å². The number of aryl methyl sites for hydroxylation is 1. The summed E-state index contributed by atoms with van der Waals surface area (Å²) in [6, 6.07) is 14.0. The van der Waals surface area contributed by atoms with E-state index in [4.69, 9.17) is 4.74 Å². The average molecular weight is 423 g/mol. The number of Topliss-reactive ketones (excluding diaryl/α,β-unsaturated/α-hetero) is 1. The molecule has 1 aliphatic rings. The number of rotatable bonds is 8. The van der Waals surface area contributed by atoms with Gasteiger partial charge in [0, 0.05) is 12.1 Å². The number of amides is 1. The molecule has 1 amide bonds. The van der Waals surface area contributed by atoms with Crippen LogP contribution in [0.15, 0.2) is 54.1 Å². The number of carbonyl (C=O) groups excluding carboxylic acids is 2. The smallest absolute Gasteiger partial charge is 0.295 e. The highest BCUT2D eigenvalue weighted by Crippen LogP contribution is 2.40. The lowest BCUT2D eigenvalue weighted by Gasteiger charge is -2.26. The summed E-state index contributed by atoms with van der Waals surface area (Å²) in [4.78, 5) is 29.6. The van der Waals surface area contributed by atoms with Gasteiger partial charge in [0.15, 0.2) is 0 Å². The summed E-state index contributed by atoms with van der Waals surface area (Å²) in [5.74, 6) is -0.733. The van der Waals surface area contributed by atoms with Crippen LogP contribution in [0.4, 0.5) is 0 Å².